The Bertz CT molecular complexity index is 1860. The molecule has 1 unspecified atom stereocenters. The molecule has 46 heavy (non-hydrogen) atoms. The molecular formula is C31H26N6O8S. The lowest BCUT2D eigenvalue weighted by Gasteiger charge is -2.27. The van der Waals surface area contributed by atoms with E-state index in [1.807, 2.05) is 0 Å². The van der Waals surface area contributed by atoms with Crippen molar-refractivity contribution < 1.29 is 38.2 Å². The molecule has 3 aromatic rings. The molecule has 0 spiro atoms. The molecule has 0 radical (unpaired) electrons. The molecule has 15 heteroatoms. The number of nitrogens with one attached hydrogen (secondary N) is 2. The number of rotatable bonds is 10. The molecule has 6 rings (SSSR count). The number of nitrogens with two attached hydrogens (primary N) is 1. The van der Waals surface area contributed by atoms with Crippen LogP contribution in [0.1, 0.15) is 61.6 Å². The summed E-state index contributed by atoms with van der Waals surface area (Å²) in [6.07, 6.45) is 3.38. The first kappa shape index (κ1) is 30.6. The maximum Gasteiger partial charge on any atom is 0.264 e. The van der Waals surface area contributed by atoms with Crippen molar-refractivity contribution in [3.63, 3.8) is 0 Å². The standard InChI is InChI=1S/C31H26N6O8S/c32-25(39)24-28(36-29(46-24)18-9-10-33-22(15-18)34-26(40)17-4-5-17)45-13-12-44-11-1-2-16-3-6-19-20(14-16)31(43)37(30(19)42)21-7-8-23(38)35-27(21)41/h3,6,9-10,14-15,17,21H,4-5,7-8,11-13H2,(H2,32,39)(H,33,34,40)(H,35,38,41). The molecule has 0 bridgehead atoms. The Hall–Kier alpha value is -5.46. The van der Waals surface area contributed by atoms with E-state index >= 15 is 0 Å². The van der Waals surface area contributed by atoms with Gasteiger partial charge in [0.25, 0.3) is 17.7 Å². The molecule has 2 fully saturated rings. The highest BCUT2D eigenvalue weighted by atomic mass is 32.1. The highest BCUT2D eigenvalue weighted by Crippen LogP contribution is 2.34. The van der Waals surface area contributed by atoms with Crippen molar-refractivity contribution in [1.29, 1.82) is 0 Å². The van der Waals surface area contributed by atoms with Crippen molar-refractivity contribution in [2.45, 2.75) is 31.7 Å². The lowest BCUT2D eigenvalue weighted by molar-refractivity contribution is -0.136. The molecule has 234 valence electrons. The molecular weight excluding hydrogens is 616 g/mol. The largest absolute Gasteiger partial charge is 0.474 e. The van der Waals surface area contributed by atoms with Gasteiger partial charge in [-0.3, -0.25) is 39.0 Å². The third-order valence-corrected chi connectivity index (χ3v) is 8.44. The van der Waals surface area contributed by atoms with Crippen LogP contribution in [0.2, 0.25) is 0 Å². The molecule has 1 atom stereocenters. The van der Waals surface area contributed by atoms with Gasteiger partial charge in [0.05, 0.1) is 17.7 Å². The van der Waals surface area contributed by atoms with Crippen LogP contribution in [-0.2, 0) is 19.1 Å². The zero-order valence-electron chi connectivity index (χ0n) is 24.2. The number of amides is 6. The van der Waals surface area contributed by atoms with E-state index in [9.17, 15) is 28.8 Å². The van der Waals surface area contributed by atoms with Gasteiger partial charge < -0.3 is 20.5 Å². The quantitative estimate of drug-likeness (QED) is 0.165. The molecule has 4 heterocycles. The van der Waals surface area contributed by atoms with Gasteiger partial charge in [-0.2, -0.15) is 0 Å². The second kappa shape index (κ2) is 12.9. The van der Waals surface area contributed by atoms with Crippen LogP contribution in [0.3, 0.4) is 0 Å². The number of piperidine rings is 1. The number of hydrogen-bond donors (Lipinski definition) is 3. The van der Waals surface area contributed by atoms with E-state index in [0.29, 0.717) is 22.0 Å². The zero-order chi connectivity index (χ0) is 32.4. The number of fused-ring (bicyclic) bond motifs is 1. The normalized spacial score (nSPS) is 17.2. The third-order valence-electron chi connectivity index (χ3n) is 7.34. The second-order valence-electron chi connectivity index (χ2n) is 10.6. The molecule has 2 aliphatic heterocycles. The number of primary amides is 1. The summed E-state index contributed by atoms with van der Waals surface area (Å²) in [6.45, 7) is 0.188. The first-order valence-corrected chi connectivity index (χ1v) is 15.1. The van der Waals surface area contributed by atoms with Crippen LogP contribution in [-0.4, -0.2) is 76.2 Å². The van der Waals surface area contributed by atoms with Crippen molar-refractivity contribution in [3.05, 3.63) is 58.1 Å². The monoisotopic (exact) mass is 642 g/mol. The van der Waals surface area contributed by atoms with Crippen molar-refractivity contribution >= 4 is 52.6 Å². The minimum Gasteiger partial charge on any atom is -0.474 e. The molecule has 1 saturated heterocycles. The van der Waals surface area contributed by atoms with E-state index in [-0.39, 0.29) is 66.4 Å². The number of thiazole rings is 1. The van der Waals surface area contributed by atoms with E-state index in [2.05, 4.69) is 32.4 Å². The van der Waals surface area contributed by atoms with Gasteiger partial charge in [0, 0.05) is 29.7 Å². The Labute approximate surface area is 265 Å². The molecule has 6 amide bonds. The lowest BCUT2D eigenvalue weighted by Crippen LogP contribution is -2.54. The van der Waals surface area contributed by atoms with Crippen molar-refractivity contribution in [2.75, 3.05) is 25.1 Å². The molecule has 3 aliphatic rings. The maximum atomic E-state index is 13.0. The topological polar surface area (TPSA) is 200 Å². The molecule has 1 saturated carbocycles. The fourth-order valence-electron chi connectivity index (χ4n) is 4.90. The lowest BCUT2D eigenvalue weighted by atomic mass is 10.0. The average molecular weight is 643 g/mol. The zero-order valence-corrected chi connectivity index (χ0v) is 25.0. The third kappa shape index (κ3) is 6.48. The van der Waals surface area contributed by atoms with Crippen molar-refractivity contribution in [2.24, 2.45) is 11.7 Å². The van der Waals surface area contributed by atoms with Crippen LogP contribution in [0.15, 0.2) is 36.5 Å². The summed E-state index contributed by atoms with van der Waals surface area (Å²) in [5.74, 6) is 3.08. The van der Waals surface area contributed by atoms with Gasteiger partial charge in [-0.25, -0.2) is 9.97 Å². The number of pyridine rings is 1. The average Bonchev–Trinajstić information content (AvgIpc) is 3.75. The van der Waals surface area contributed by atoms with Gasteiger partial charge in [0.15, 0.2) is 4.88 Å². The summed E-state index contributed by atoms with van der Waals surface area (Å²) in [4.78, 5) is 83.2. The number of carbonyl (C=O) groups is 6. The van der Waals surface area contributed by atoms with Crippen LogP contribution in [0, 0.1) is 17.8 Å². The summed E-state index contributed by atoms with van der Waals surface area (Å²) in [6, 6.07) is 6.88. The molecule has 14 nitrogen and oxygen atoms in total. The predicted octanol–water partition coefficient (Wildman–Crippen LogP) is 1.50. The predicted molar refractivity (Wildman–Crippen MR) is 162 cm³/mol. The minimum absolute atomic E-state index is 0.0209. The Morgan fingerprint density at radius 2 is 1.87 bits per heavy atom. The van der Waals surface area contributed by atoms with E-state index in [1.54, 1.807) is 18.2 Å². The Morgan fingerprint density at radius 3 is 2.63 bits per heavy atom. The number of imide groups is 2. The van der Waals surface area contributed by atoms with E-state index in [1.165, 1.54) is 18.3 Å². The fraction of sp³-hybridized carbons (Fsp3) is 0.290. The maximum absolute atomic E-state index is 13.0. The highest BCUT2D eigenvalue weighted by Gasteiger charge is 2.44. The van der Waals surface area contributed by atoms with Gasteiger partial charge in [0.1, 0.15) is 30.1 Å². The first-order chi connectivity index (χ1) is 22.2. The van der Waals surface area contributed by atoms with Gasteiger partial charge in [-0.1, -0.05) is 11.8 Å². The van der Waals surface area contributed by atoms with Crippen molar-refractivity contribution in [3.8, 4) is 28.3 Å². The van der Waals surface area contributed by atoms with Crippen LogP contribution in [0.4, 0.5) is 5.82 Å². The van der Waals surface area contributed by atoms with Crippen LogP contribution in [0.25, 0.3) is 10.6 Å². The summed E-state index contributed by atoms with van der Waals surface area (Å²) < 4.78 is 11.2. The van der Waals surface area contributed by atoms with Crippen molar-refractivity contribution in [1.82, 2.24) is 20.2 Å². The number of hydrogen-bond acceptors (Lipinski definition) is 11. The highest BCUT2D eigenvalue weighted by molar-refractivity contribution is 7.17. The smallest absolute Gasteiger partial charge is 0.264 e. The van der Waals surface area contributed by atoms with Crippen LogP contribution < -0.4 is 21.1 Å². The van der Waals surface area contributed by atoms with Crippen LogP contribution in [0.5, 0.6) is 5.88 Å². The Kier molecular flexibility index (Phi) is 8.55. The summed E-state index contributed by atoms with van der Waals surface area (Å²) in [5.41, 5.74) is 6.94. The number of carbonyl (C=O) groups excluding carboxylic acids is 6. The Morgan fingerprint density at radius 1 is 1.07 bits per heavy atom. The van der Waals surface area contributed by atoms with Crippen LogP contribution >= 0.6 is 11.3 Å². The summed E-state index contributed by atoms with van der Waals surface area (Å²) in [5, 5.41) is 5.41. The Balaban J connectivity index is 1.01. The number of nitrogens with zero attached hydrogens (tertiary/aromatic N) is 3. The number of aromatic nitrogens is 2. The first-order valence-electron chi connectivity index (χ1n) is 14.3. The number of ether oxygens (including phenoxy) is 2. The number of benzene rings is 1. The van der Waals surface area contributed by atoms with Gasteiger partial charge in [0.2, 0.25) is 23.6 Å². The molecule has 2 aromatic heterocycles. The van der Waals surface area contributed by atoms with E-state index < -0.39 is 35.6 Å². The molecule has 1 aromatic carbocycles. The molecule has 4 N–H and O–H groups in total. The van der Waals surface area contributed by atoms with Gasteiger partial charge >= 0.3 is 0 Å². The van der Waals surface area contributed by atoms with E-state index in [4.69, 9.17) is 15.2 Å². The van der Waals surface area contributed by atoms with E-state index in [0.717, 1.165) is 29.1 Å². The minimum atomic E-state index is -1.04. The summed E-state index contributed by atoms with van der Waals surface area (Å²) >= 11 is 1.06. The molecule has 1 aliphatic carbocycles. The fourth-order valence-corrected chi connectivity index (χ4v) is 5.76. The SMILES string of the molecule is NC(=O)c1sc(-c2ccnc(NC(=O)C3CC3)c2)nc1OCCOCC#Cc1ccc2c(c1)C(=O)N(C1CCC(=O)NC1=O)C2=O. The second-order valence-corrected chi connectivity index (χ2v) is 11.6. The summed E-state index contributed by atoms with van der Waals surface area (Å²) in [7, 11) is 0. The number of anilines is 1. The van der Waals surface area contributed by atoms with Gasteiger partial charge in [-0.05, 0) is 49.6 Å². The van der Waals surface area contributed by atoms with Gasteiger partial charge in [-0.15, -0.1) is 11.3 Å².